The third-order valence-electron chi connectivity index (χ3n) is 7.85. The number of pyridine rings is 1. The van der Waals surface area contributed by atoms with Crippen molar-refractivity contribution in [2.24, 2.45) is 0 Å². The third-order valence-corrected chi connectivity index (χ3v) is 7.85. The summed E-state index contributed by atoms with van der Waals surface area (Å²) in [6.07, 6.45) is 3.27. The molecule has 4 heterocycles. The molecule has 10 heteroatoms. The molecule has 0 radical (unpaired) electrons. The molecule has 40 heavy (non-hydrogen) atoms. The van der Waals surface area contributed by atoms with Gasteiger partial charge in [0.15, 0.2) is 5.82 Å². The Balaban J connectivity index is 1.45. The van der Waals surface area contributed by atoms with E-state index in [0.29, 0.717) is 35.9 Å². The summed E-state index contributed by atoms with van der Waals surface area (Å²) in [6, 6.07) is 18.8. The number of anilines is 1. The van der Waals surface area contributed by atoms with Crippen molar-refractivity contribution in [1.29, 1.82) is 5.26 Å². The first-order valence-corrected chi connectivity index (χ1v) is 13.4. The standard InChI is InChI=1S/C30H28F2N8/c1-3-24-17-39(29-27-26(14-13-23(15-33)35-27)40-18-34-37-30(40)36-29)25(4-2)16-38(24)28(19-5-9-21(31)10-6-19)20-7-11-22(32)12-8-20/h5-14,18,24-25,28H,3-4,16-17H2,1-2H3/t24-,25+/m1/s1. The lowest BCUT2D eigenvalue weighted by atomic mass is 9.91. The zero-order chi connectivity index (χ0) is 27.8. The lowest BCUT2D eigenvalue weighted by molar-refractivity contribution is 0.110. The number of nitriles is 1. The molecule has 0 aliphatic carbocycles. The van der Waals surface area contributed by atoms with Crippen molar-refractivity contribution in [2.45, 2.75) is 44.8 Å². The van der Waals surface area contributed by atoms with Gasteiger partial charge in [-0.05, 0) is 60.4 Å². The van der Waals surface area contributed by atoms with E-state index in [0.717, 1.165) is 29.5 Å². The Morgan fingerprint density at radius 1 is 0.875 bits per heavy atom. The molecule has 0 N–H and O–H groups in total. The fraction of sp³-hybridized carbons (Fsp3) is 0.300. The number of piperazine rings is 1. The minimum absolute atomic E-state index is 0.0554. The Kier molecular flexibility index (Phi) is 6.82. The Hall–Kier alpha value is -4.49. The summed E-state index contributed by atoms with van der Waals surface area (Å²) in [6.45, 7) is 5.62. The second kappa shape index (κ2) is 10.6. The first-order chi connectivity index (χ1) is 19.5. The second-order valence-electron chi connectivity index (χ2n) is 10.1. The van der Waals surface area contributed by atoms with Crippen molar-refractivity contribution in [3.63, 3.8) is 0 Å². The topological polar surface area (TPSA) is 86.2 Å². The van der Waals surface area contributed by atoms with E-state index >= 15 is 0 Å². The molecular weight excluding hydrogens is 510 g/mol. The van der Waals surface area contributed by atoms with E-state index in [4.69, 9.17) is 4.98 Å². The summed E-state index contributed by atoms with van der Waals surface area (Å²) in [5.74, 6) is 0.555. The molecule has 6 rings (SSSR count). The van der Waals surface area contributed by atoms with Crippen LogP contribution < -0.4 is 4.90 Å². The minimum Gasteiger partial charge on any atom is -0.349 e. The molecule has 0 unspecified atom stereocenters. The second-order valence-corrected chi connectivity index (χ2v) is 10.1. The highest BCUT2D eigenvalue weighted by molar-refractivity contribution is 5.88. The number of fused-ring (bicyclic) bond motifs is 3. The van der Waals surface area contributed by atoms with Gasteiger partial charge >= 0.3 is 0 Å². The van der Waals surface area contributed by atoms with Crippen LogP contribution in [0.2, 0.25) is 0 Å². The zero-order valence-corrected chi connectivity index (χ0v) is 22.2. The number of hydrogen-bond acceptors (Lipinski definition) is 7. The van der Waals surface area contributed by atoms with Crippen molar-refractivity contribution in [2.75, 3.05) is 18.0 Å². The highest BCUT2D eigenvalue weighted by atomic mass is 19.1. The average Bonchev–Trinajstić information content (AvgIpc) is 3.47. The summed E-state index contributed by atoms with van der Waals surface area (Å²) in [5, 5.41) is 17.8. The highest BCUT2D eigenvalue weighted by Gasteiger charge is 2.38. The van der Waals surface area contributed by atoms with Gasteiger partial charge in [-0.25, -0.2) is 13.8 Å². The van der Waals surface area contributed by atoms with Gasteiger partial charge in [-0.3, -0.25) is 9.30 Å². The number of benzene rings is 2. The first-order valence-electron chi connectivity index (χ1n) is 13.4. The van der Waals surface area contributed by atoms with E-state index in [-0.39, 0.29) is 29.8 Å². The van der Waals surface area contributed by atoms with Gasteiger partial charge in [0, 0.05) is 25.2 Å². The predicted molar refractivity (Wildman–Crippen MR) is 148 cm³/mol. The molecule has 2 atom stereocenters. The summed E-state index contributed by atoms with van der Waals surface area (Å²) in [4.78, 5) is 14.3. The molecule has 1 aliphatic rings. The van der Waals surface area contributed by atoms with Crippen molar-refractivity contribution < 1.29 is 8.78 Å². The maximum absolute atomic E-state index is 13.9. The van der Waals surface area contributed by atoms with Gasteiger partial charge in [0.2, 0.25) is 0 Å². The molecule has 0 saturated carbocycles. The van der Waals surface area contributed by atoms with Crippen molar-refractivity contribution in [3.8, 4) is 6.07 Å². The molecule has 202 valence electrons. The van der Waals surface area contributed by atoms with Crippen molar-refractivity contribution in [1.82, 2.24) is 29.5 Å². The molecule has 1 saturated heterocycles. The highest BCUT2D eigenvalue weighted by Crippen LogP contribution is 2.37. The fourth-order valence-electron chi connectivity index (χ4n) is 5.82. The molecular formula is C30H28F2N8. The molecule has 0 spiro atoms. The van der Waals surface area contributed by atoms with Gasteiger partial charge in [-0.1, -0.05) is 38.1 Å². The minimum atomic E-state index is -0.295. The van der Waals surface area contributed by atoms with Gasteiger partial charge < -0.3 is 4.90 Å². The summed E-state index contributed by atoms with van der Waals surface area (Å²) >= 11 is 0. The fourth-order valence-corrected chi connectivity index (χ4v) is 5.82. The van der Waals surface area contributed by atoms with Crippen LogP contribution in [-0.2, 0) is 0 Å². The Bertz CT molecular complexity index is 1650. The summed E-state index contributed by atoms with van der Waals surface area (Å²) in [5.41, 5.74) is 3.62. The number of aromatic nitrogens is 5. The van der Waals surface area contributed by atoms with Crippen LogP contribution in [0.25, 0.3) is 16.8 Å². The van der Waals surface area contributed by atoms with Crippen LogP contribution in [0.15, 0.2) is 67.0 Å². The quantitative estimate of drug-likeness (QED) is 0.290. The molecule has 1 fully saturated rings. The normalized spacial score (nSPS) is 18.1. The van der Waals surface area contributed by atoms with Crippen LogP contribution in [0.5, 0.6) is 0 Å². The summed E-state index contributed by atoms with van der Waals surface area (Å²) < 4.78 is 29.6. The number of rotatable bonds is 6. The third kappa shape index (κ3) is 4.52. The molecule has 0 bridgehead atoms. The maximum atomic E-state index is 13.9. The van der Waals surface area contributed by atoms with Crippen molar-refractivity contribution >= 4 is 22.6 Å². The van der Waals surface area contributed by atoms with Gasteiger partial charge in [0.25, 0.3) is 5.78 Å². The SMILES string of the molecule is CC[C@H]1CN(C(c2ccc(F)cc2)c2ccc(F)cc2)[C@H](CC)CN1c1nc2nncn2c2ccc(C#N)nc12. The van der Waals surface area contributed by atoms with Gasteiger partial charge in [-0.2, -0.15) is 10.2 Å². The van der Waals surface area contributed by atoms with Crippen LogP contribution in [0.3, 0.4) is 0 Å². The Morgan fingerprint density at radius 2 is 1.52 bits per heavy atom. The monoisotopic (exact) mass is 538 g/mol. The van der Waals surface area contributed by atoms with E-state index < -0.39 is 0 Å². The van der Waals surface area contributed by atoms with Crippen LogP contribution in [0, 0.1) is 23.0 Å². The van der Waals surface area contributed by atoms with E-state index in [1.807, 2.05) is 30.3 Å². The lowest BCUT2D eigenvalue weighted by Gasteiger charge is -2.50. The number of halogens is 2. The van der Waals surface area contributed by atoms with E-state index in [2.05, 4.69) is 44.9 Å². The molecule has 3 aromatic heterocycles. The lowest BCUT2D eigenvalue weighted by Crippen LogP contribution is -2.59. The largest absolute Gasteiger partial charge is 0.349 e. The smallest absolute Gasteiger partial charge is 0.257 e. The summed E-state index contributed by atoms with van der Waals surface area (Å²) in [7, 11) is 0. The Morgan fingerprint density at radius 3 is 2.12 bits per heavy atom. The molecule has 5 aromatic rings. The molecule has 1 aliphatic heterocycles. The van der Waals surface area contributed by atoms with Gasteiger partial charge in [-0.15, -0.1) is 10.2 Å². The maximum Gasteiger partial charge on any atom is 0.257 e. The Labute approximate surface area is 230 Å². The molecule has 0 amide bonds. The van der Waals surface area contributed by atoms with Crippen LogP contribution >= 0.6 is 0 Å². The first kappa shape index (κ1) is 25.8. The average molecular weight is 539 g/mol. The molecule has 2 aromatic carbocycles. The zero-order valence-electron chi connectivity index (χ0n) is 22.2. The van der Waals surface area contributed by atoms with Crippen LogP contribution in [-0.4, -0.2) is 54.6 Å². The van der Waals surface area contributed by atoms with E-state index in [9.17, 15) is 14.0 Å². The van der Waals surface area contributed by atoms with Crippen LogP contribution in [0.4, 0.5) is 14.6 Å². The molecule has 8 nitrogen and oxygen atoms in total. The predicted octanol–water partition coefficient (Wildman–Crippen LogP) is 5.29. The van der Waals surface area contributed by atoms with Crippen LogP contribution in [0.1, 0.15) is 49.6 Å². The number of nitrogens with zero attached hydrogens (tertiary/aromatic N) is 8. The van der Waals surface area contributed by atoms with Gasteiger partial charge in [0.05, 0.1) is 11.6 Å². The van der Waals surface area contributed by atoms with E-state index in [1.54, 1.807) is 16.8 Å². The van der Waals surface area contributed by atoms with Crippen molar-refractivity contribution in [3.05, 3.63) is 95.4 Å². The van der Waals surface area contributed by atoms with E-state index in [1.165, 1.54) is 24.3 Å². The number of hydrogen-bond donors (Lipinski definition) is 0. The van der Waals surface area contributed by atoms with Gasteiger partial charge in [0.1, 0.15) is 35.2 Å².